The molecule has 0 aromatic heterocycles. The van der Waals surface area contributed by atoms with E-state index in [1.807, 2.05) is 24.3 Å². The molecule has 2 heterocycles. The Labute approximate surface area is 132 Å². The van der Waals surface area contributed by atoms with Gasteiger partial charge in [-0.2, -0.15) is 0 Å². The van der Waals surface area contributed by atoms with Crippen LogP contribution in [0, 0.1) is 5.92 Å². The summed E-state index contributed by atoms with van der Waals surface area (Å²) in [6, 6.07) is 8.51. The topological polar surface area (TPSA) is 41.6 Å². The van der Waals surface area contributed by atoms with E-state index >= 15 is 0 Å². The van der Waals surface area contributed by atoms with Crippen LogP contribution in [0.15, 0.2) is 24.3 Å². The number of carbonyl (C=O) groups is 1. The lowest BCUT2D eigenvalue weighted by Crippen LogP contribution is -2.43. The van der Waals surface area contributed by atoms with Gasteiger partial charge >= 0.3 is 5.97 Å². The van der Waals surface area contributed by atoms with Gasteiger partial charge in [-0.05, 0) is 49.5 Å². The Hall–Kier alpha value is -1.10. The van der Waals surface area contributed by atoms with Crippen molar-refractivity contribution in [1.29, 1.82) is 0 Å². The normalized spacial score (nSPS) is 25.0. The van der Waals surface area contributed by atoms with Gasteiger partial charge in [0.25, 0.3) is 0 Å². The van der Waals surface area contributed by atoms with Crippen molar-refractivity contribution < 1.29 is 9.53 Å². The van der Waals surface area contributed by atoms with Gasteiger partial charge in [-0.1, -0.05) is 12.1 Å². The van der Waals surface area contributed by atoms with Gasteiger partial charge in [0.1, 0.15) is 0 Å². The van der Waals surface area contributed by atoms with Crippen molar-refractivity contribution in [2.75, 3.05) is 26.7 Å². The summed E-state index contributed by atoms with van der Waals surface area (Å²) in [5.74, 6) is 0.549. The summed E-state index contributed by atoms with van der Waals surface area (Å²) in [6.07, 6.45) is 2.56. The number of hydrogen-bond donors (Lipinski definition) is 1. The standard InChI is InChI=1S/C16H22N2O2.ClH/c1-20-16(19)13-4-2-12(3-5-13)10-18-9-7-15-14(11-18)6-8-17-15;/h2-5,14-15,17H,6-11H2,1H3;1H. The summed E-state index contributed by atoms with van der Waals surface area (Å²) in [6.45, 7) is 4.50. The minimum absolute atomic E-state index is 0. The lowest BCUT2D eigenvalue weighted by atomic mass is 9.93. The van der Waals surface area contributed by atoms with Crippen LogP contribution < -0.4 is 5.32 Å². The molecule has 116 valence electrons. The number of benzene rings is 1. The third-order valence-electron chi connectivity index (χ3n) is 4.52. The molecular weight excluding hydrogens is 288 g/mol. The molecule has 2 atom stereocenters. The van der Waals surface area contributed by atoms with E-state index in [2.05, 4.69) is 10.2 Å². The fourth-order valence-electron chi connectivity index (χ4n) is 3.39. The smallest absolute Gasteiger partial charge is 0.337 e. The number of piperidine rings is 1. The third kappa shape index (κ3) is 3.76. The van der Waals surface area contributed by atoms with Crippen molar-refractivity contribution in [3.05, 3.63) is 35.4 Å². The molecule has 21 heavy (non-hydrogen) atoms. The predicted molar refractivity (Wildman–Crippen MR) is 84.8 cm³/mol. The quantitative estimate of drug-likeness (QED) is 0.868. The second kappa shape index (κ2) is 7.25. The van der Waals surface area contributed by atoms with E-state index in [4.69, 9.17) is 4.74 Å². The maximum absolute atomic E-state index is 11.4. The molecule has 2 aliphatic rings. The van der Waals surface area contributed by atoms with E-state index in [0.29, 0.717) is 5.56 Å². The fraction of sp³-hybridized carbons (Fsp3) is 0.562. The van der Waals surface area contributed by atoms with Gasteiger partial charge in [-0.15, -0.1) is 12.4 Å². The van der Waals surface area contributed by atoms with Gasteiger partial charge in [0.15, 0.2) is 0 Å². The van der Waals surface area contributed by atoms with Crippen LogP contribution >= 0.6 is 12.4 Å². The summed E-state index contributed by atoms with van der Waals surface area (Å²) < 4.78 is 4.72. The molecule has 2 saturated heterocycles. The number of likely N-dealkylation sites (tertiary alicyclic amines) is 1. The van der Waals surface area contributed by atoms with Crippen molar-refractivity contribution in [1.82, 2.24) is 10.2 Å². The third-order valence-corrected chi connectivity index (χ3v) is 4.52. The highest BCUT2D eigenvalue weighted by molar-refractivity contribution is 5.89. The van der Waals surface area contributed by atoms with E-state index in [-0.39, 0.29) is 18.4 Å². The number of hydrogen-bond acceptors (Lipinski definition) is 4. The van der Waals surface area contributed by atoms with Gasteiger partial charge in [0, 0.05) is 19.1 Å². The molecule has 0 saturated carbocycles. The molecule has 2 unspecified atom stereocenters. The lowest BCUT2D eigenvalue weighted by molar-refractivity contribution is 0.0600. The Morgan fingerprint density at radius 1 is 1.33 bits per heavy atom. The van der Waals surface area contributed by atoms with Crippen LogP contribution in [0.2, 0.25) is 0 Å². The van der Waals surface area contributed by atoms with Gasteiger partial charge in [0.05, 0.1) is 12.7 Å². The van der Waals surface area contributed by atoms with Crippen LogP contribution in [0.4, 0.5) is 0 Å². The molecular formula is C16H23ClN2O2. The highest BCUT2D eigenvalue weighted by Crippen LogP contribution is 2.25. The summed E-state index contributed by atoms with van der Waals surface area (Å²) in [5, 5.41) is 3.59. The molecule has 1 aromatic carbocycles. The van der Waals surface area contributed by atoms with Gasteiger partial charge in [-0.3, -0.25) is 4.90 Å². The molecule has 5 heteroatoms. The van der Waals surface area contributed by atoms with E-state index in [9.17, 15) is 4.79 Å². The van der Waals surface area contributed by atoms with E-state index < -0.39 is 0 Å². The van der Waals surface area contributed by atoms with E-state index in [0.717, 1.165) is 25.0 Å². The largest absolute Gasteiger partial charge is 0.465 e. The number of carbonyl (C=O) groups excluding carboxylic acids is 1. The molecule has 0 aliphatic carbocycles. The molecule has 0 amide bonds. The zero-order chi connectivity index (χ0) is 13.9. The summed E-state index contributed by atoms with van der Waals surface area (Å²) in [5.41, 5.74) is 1.89. The minimum atomic E-state index is -0.269. The molecule has 0 bridgehead atoms. The first kappa shape index (κ1) is 16.3. The number of esters is 1. The number of nitrogens with one attached hydrogen (secondary N) is 1. The average Bonchev–Trinajstić information content (AvgIpc) is 2.95. The minimum Gasteiger partial charge on any atom is -0.465 e. The van der Waals surface area contributed by atoms with Gasteiger partial charge < -0.3 is 10.1 Å². The number of fused-ring (bicyclic) bond motifs is 1. The first-order valence-corrected chi connectivity index (χ1v) is 7.39. The monoisotopic (exact) mass is 310 g/mol. The van der Waals surface area contributed by atoms with Gasteiger partial charge in [0.2, 0.25) is 0 Å². The van der Waals surface area contributed by atoms with Crippen molar-refractivity contribution >= 4 is 18.4 Å². The molecule has 2 fully saturated rings. The Kier molecular flexibility index (Phi) is 5.62. The molecule has 2 aliphatic heterocycles. The summed E-state index contributed by atoms with van der Waals surface area (Å²) in [4.78, 5) is 13.9. The summed E-state index contributed by atoms with van der Waals surface area (Å²) in [7, 11) is 1.41. The molecule has 3 rings (SSSR count). The number of methoxy groups -OCH3 is 1. The van der Waals surface area contributed by atoms with Crippen LogP contribution in [0.1, 0.15) is 28.8 Å². The zero-order valence-corrected chi connectivity index (χ0v) is 13.2. The van der Waals surface area contributed by atoms with Crippen LogP contribution in [-0.2, 0) is 11.3 Å². The van der Waals surface area contributed by atoms with Crippen LogP contribution in [0.3, 0.4) is 0 Å². The maximum atomic E-state index is 11.4. The number of ether oxygens (including phenoxy) is 1. The van der Waals surface area contributed by atoms with Crippen molar-refractivity contribution in [2.45, 2.75) is 25.4 Å². The highest BCUT2D eigenvalue weighted by atomic mass is 35.5. The van der Waals surface area contributed by atoms with Crippen LogP contribution in [0.5, 0.6) is 0 Å². The lowest BCUT2D eigenvalue weighted by Gasteiger charge is -2.34. The van der Waals surface area contributed by atoms with Crippen molar-refractivity contribution in [2.24, 2.45) is 5.92 Å². The van der Waals surface area contributed by atoms with Crippen molar-refractivity contribution in [3.8, 4) is 0 Å². The summed E-state index contributed by atoms with van der Waals surface area (Å²) >= 11 is 0. The molecule has 0 radical (unpaired) electrons. The van der Waals surface area contributed by atoms with E-state index in [1.54, 1.807) is 0 Å². The van der Waals surface area contributed by atoms with Gasteiger partial charge in [-0.25, -0.2) is 4.79 Å². The zero-order valence-electron chi connectivity index (χ0n) is 12.4. The number of rotatable bonds is 3. The molecule has 4 nitrogen and oxygen atoms in total. The van der Waals surface area contributed by atoms with Crippen LogP contribution in [-0.4, -0.2) is 43.7 Å². The van der Waals surface area contributed by atoms with E-state index in [1.165, 1.54) is 38.6 Å². The first-order chi connectivity index (χ1) is 9.76. The maximum Gasteiger partial charge on any atom is 0.337 e. The Morgan fingerprint density at radius 2 is 2.10 bits per heavy atom. The second-order valence-electron chi connectivity index (χ2n) is 5.82. The SMILES string of the molecule is COC(=O)c1ccc(CN2CCC3NCCC3C2)cc1.Cl. The Morgan fingerprint density at radius 3 is 2.81 bits per heavy atom. The Balaban J connectivity index is 0.00000161. The fourth-order valence-corrected chi connectivity index (χ4v) is 3.39. The number of nitrogens with zero attached hydrogens (tertiary/aromatic N) is 1. The first-order valence-electron chi connectivity index (χ1n) is 7.39. The van der Waals surface area contributed by atoms with Crippen LogP contribution in [0.25, 0.3) is 0 Å². The predicted octanol–water partition coefficient (Wildman–Crippen LogP) is 2.08. The molecule has 1 aromatic rings. The molecule has 0 spiro atoms. The second-order valence-corrected chi connectivity index (χ2v) is 5.82. The average molecular weight is 311 g/mol. The highest BCUT2D eigenvalue weighted by Gasteiger charge is 2.32. The Bertz CT molecular complexity index is 478. The van der Waals surface area contributed by atoms with Crippen molar-refractivity contribution in [3.63, 3.8) is 0 Å². The number of halogens is 1. The molecule has 1 N–H and O–H groups in total.